The third-order valence-electron chi connectivity index (χ3n) is 4.19. The monoisotopic (exact) mass is 236 g/mol. The van der Waals surface area contributed by atoms with Crippen molar-refractivity contribution in [3.63, 3.8) is 0 Å². The van der Waals surface area contributed by atoms with E-state index in [-0.39, 0.29) is 0 Å². The average Bonchev–Trinajstić information content (AvgIpc) is 2.88. The fraction of sp³-hybridized carbons (Fsp3) is 0.692. The topological polar surface area (TPSA) is 29.3 Å². The van der Waals surface area contributed by atoms with E-state index in [0.717, 1.165) is 18.4 Å². The fourth-order valence-electron chi connectivity index (χ4n) is 3.36. The van der Waals surface area contributed by atoms with Gasteiger partial charge in [-0.15, -0.1) is 11.3 Å². The van der Waals surface area contributed by atoms with E-state index in [0.29, 0.717) is 6.04 Å². The van der Waals surface area contributed by atoms with E-state index in [4.69, 9.17) is 5.73 Å². The highest BCUT2D eigenvalue weighted by Crippen LogP contribution is 2.36. The molecule has 2 heterocycles. The van der Waals surface area contributed by atoms with Crippen LogP contribution in [0.4, 0.5) is 0 Å². The summed E-state index contributed by atoms with van der Waals surface area (Å²) in [5.74, 6) is 1.65. The van der Waals surface area contributed by atoms with Crippen LogP contribution in [0.3, 0.4) is 0 Å². The van der Waals surface area contributed by atoms with Crippen molar-refractivity contribution < 1.29 is 0 Å². The van der Waals surface area contributed by atoms with E-state index in [1.807, 2.05) is 11.3 Å². The lowest BCUT2D eigenvalue weighted by molar-refractivity contribution is 0.259. The normalized spacial score (nSPS) is 35.2. The Bertz CT molecular complexity index is 336. The first-order chi connectivity index (χ1) is 7.83. The van der Waals surface area contributed by atoms with Crippen LogP contribution in [0, 0.1) is 11.8 Å². The zero-order valence-electron chi connectivity index (χ0n) is 9.64. The molecule has 2 aliphatic rings. The largest absolute Gasteiger partial charge is 0.327 e. The molecule has 0 aromatic carbocycles. The Morgan fingerprint density at radius 2 is 2.31 bits per heavy atom. The van der Waals surface area contributed by atoms with Gasteiger partial charge in [0.2, 0.25) is 0 Å². The quantitative estimate of drug-likeness (QED) is 0.854. The number of rotatable bonds is 2. The van der Waals surface area contributed by atoms with Crippen LogP contribution in [0.25, 0.3) is 0 Å². The molecule has 1 aliphatic carbocycles. The number of thiophene rings is 1. The van der Waals surface area contributed by atoms with Crippen molar-refractivity contribution in [3.05, 3.63) is 22.4 Å². The summed E-state index contributed by atoms with van der Waals surface area (Å²) in [4.78, 5) is 4.10. The molecule has 3 heteroatoms. The third-order valence-corrected chi connectivity index (χ3v) is 5.05. The first kappa shape index (κ1) is 10.8. The van der Waals surface area contributed by atoms with Gasteiger partial charge in [-0.25, -0.2) is 0 Å². The molecule has 1 aliphatic heterocycles. The van der Waals surface area contributed by atoms with Crippen molar-refractivity contribution >= 4 is 11.3 Å². The molecule has 0 radical (unpaired) electrons. The molecule has 0 spiro atoms. The van der Waals surface area contributed by atoms with Gasteiger partial charge in [-0.1, -0.05) is 12.5 Å². The summed E-state index contributed by atoms with van der Waals surface area (Å²) in [5.41, 5.74) is 6.23. The highest BCUT2D eigenvalue weighted by Gasteiger charge is 2.38. The minimum atomic E-state index is 0.465. The highest BCUT2D eigenvalue weighted by atomic mass is 32.1. The lowest BCUT2D eigenvalue weighted by Crippen LogP contribution is -2.38. The molecule has 1 aromatic heterocycles. The summed E-state index contributed by atoms with van der Waals surface area (Å²) in [6, 6.07) is 4.86. The highest BCUT2D eigenvalue weighted by molar-refractivity contribution is 7.09. The van der Waals surface area contributed by atoms with Gasteiger partial charge in [0, 0.05) is 30.6 Å². The van der Waals surface area contributed by atoms with Crippen LogP contribution in [-0.4, -0.2) is 24.0 Å². The van der Waals surface area contributed by atoms with Crippen molar-refractivity contribution in [1.82, 2.24) is 4.90 Å². The Balaban J connectivity index is 1.63. The molecule has 1 aromatic rings. The number of nitrogens with two attached hydrogens (primary N) is 1. The van der Waals surface area contributed by atoms with Crippen LogP contribution in [0.15, 0.2) is 17.5 Å². The van der Waals surface area contributed by atoms with Crippen LogP contribution in [0.5, 0.6) is 0 Å². The molecule has 0 bridgehead atoms. The molecule has 3 atom stereocenters. The molecule has 1 saturated heterocycles. The molecule has 3 unspecified atom stereocenters. The van der Waals surface area contributed by atoms with Crippen molar-refractivity contribution in [1.29, 1.82) is 0 Å². The molecule has 0 amide bonds. The molecule has 2 nitrogen and oxygen atoms in total. The van der Waals surface area contributed by atoms with E-state index >= 15 is 0 Å². The summed E-state index contributed by atoms with van der Waals surface area (Å²) in [7, 11) is 0. The maximum absolute atomic E-state index is 6.23. The van der Waals surface area contributed by atoms with E-state index in [1.54, 1.807) is 0 Å². The van der Waals surface area contributed by atoms with Gasteiger partial charge in [-0.05, 0) is 36.1 Å². The molecule has 16 heavy (non-hydrogen) atoms. The Kier molecular flexibility index (Phi) is 3.01. The zero-order chi connectivity index (χ0) is 11.0. The maximum Gasteiger partial charge on any atom is 0.0328 e. The molecule has 2 N–H and O–H groups in total. The van der Waals surface area contributed by atoms with Gasteiger partial charge in [0.25, 0.3) is 0 Å². The third kappa shape index (κ3) is 2.04. The molecule has 3 rings (SSSR count). The fourth-order valence-corrected chi connectivity index (χ4v) is 4.11. The predicted molar refractivity (Wildman–Crippen MR) is 68.4 cm³/mol. The Hall–Kier alpha value is -0.380. The lowest BCUT2D eigenvalue weighted by atomic mass is 9.78. The maximum atomic E-state index is 6.23. The van der Waals surface area contributed by atoms with Crippen molar-refractivity contribution in [2.75, 3.05) is 13.1 Å². The van der Waals surface area contributed by atoms with E-state index in [9.17, 15) is 0 Å². The second-order valence-electron chi connectivity index (χ2n) is 5.29. The van der Waals surface area contributed by atoms with Crippen molar-refractivity contribution in [3.8, 4) is 0 Å². The molecular formula is C13H20N2S. The number of likely N-dealkylation sites (tertiary alicyclic amines) is 1. The Morgan fingerprint density at radius 3 is 3.06 bits per heavy atom. The minimum Gasteiger partial charge on any atom is -0.327 e. The van der Waals surface area contributed by atoms with E-state index in [1.165, 1.54) is 37.2 Å². The second kappa shape index (κ2) is 4.47. The van der Waals surface area contributed by atoms with Crippen LogP contribution in [-0.2, 0) is 6.54 Å². The van der Waals surface area contributed by atoms with Crippen LogP contribution in [0.1, 0.15) is 24.1 Å². The Morgan fingerprint density at radius 1 is 1.38 bits per heavy atom. The van der Waals surface area contributed by atoms with Gasteiger partial charge >= 0.3 is 0 Å². The second-order valence-corrected chi connectivity index (χ2v) is 6.32. The zero-order valence-corrected chi connectivity index (χ0v) is 10.5. The van der Waals surface area contributed by atoms with Gasteiger partial charge in [0.05, 0.1) is 0 Å². The number of nitrogens with zero attached hydrogens (tertiary/aromatic N) is 1. The summed E-state index contributed by atoms with van der Waals surface area (Å²) < 4.78 is 0. The first-order valence-corrected chi connectivity index (χ1v) is 7.21. The predicted octanol–water partition coefficient (Wildman–Crippen LogP) is 2.31. The summed E-state index contributed by atoms with van der Waals surface area (Å²) in [5, 5.41) is 2.17. The van der Waals surface area contributed by atoms with Gasteiger partial charge in [0.1, 0.15) is 0 Å². The van der Waals surface area contributed by atoms with Gasteiger partial charge in [-0.3, -0.25) is 4.90 Å². The van der Waals surface area contributed by atoms with Gasteiger partial charge in [-0.2, -0.15) is 0 Å². The number of fused-ring (bicyclic) bond motifs is 1. The number of hydrogen-bond donors (Lipinski definition) is 1. The van der Waals surface area contributed by atoms with Crippen molar-refractivity contribution in [2.45, 2.75) is 31.8 Å². The lowest BCUT2D eigenvalue weighted by Gasteiger charge is -2.29. The molecular weight excluding hydrogens is 216 g/mol. The SMILES string of the molecule is NC1CCCC2CN(Cc3cccs3)CC12. The summed E-state index contributed by atoms with van der Waals surface area (Å²) in [6.07, 6.45) is 3.99. The van der Waals surface area contributed by atoms with Crippen molar-refractivity contribution in [2.24, 2.45) is 17.6 Å². The smallest absolute Gasteiger partial charge is 0.0328 e. The first-order valence-electron chi connectivity index (χ1n) is 6.33. The molecule has 1 saturated carbocycles. The standard InChI is InChI=1S/C13H20N2S/c14-13-5-1-3-10-7-15(9-12(10)13)8-11-4-2-6-16-11/h2,4,6,10,12-13H,1,3,5,7-9,14H2. The van der Waals surface area contributed by atoms with Crippen LogP contribution < -0.4 is 5.73 Å². The van der Waals surface area contributed by atoms with Gasteiger partial charge in [0.15, 0.2) is 0 Å². The number of hydrogen-bond acceptors (Lipinski definition) is 3. The van der Waals surface area contributed by atoms with Crippen LogP contribution >= 0.6 is 11.3 Å². The molecule has 88 valence electrons. The summed E-state index contributed by atoms with van der Waals surface area (Å²) in [6.45, 7) is 3.64. The Labute approximate surface area is 101 Å². The van der Waals surface area contributed by atoms with E-state index < -0.39 is 0 Å². The van der Waals surface area contributed by atoms with Crippen LogP contribution in [0.2, 0.25) is 0 Å². The molecule has 2 fully saturated rings. The average molecular weight is 236 g/mol. The van der Waals surface area contributed by atoms with E-state index in [2.05, 4.69) is 22.4 Å². The van der Waals surface area contributed by atoms with Gasteiger partial charge < -0.3 is 5.73 Å². The minimum absolute atomic E-state index is 0.465. The summed E-state index contributed by atoms with van der Waals surface area (Å²) >= 11 is 1.87.